The van der Waals surface area contributed by atoms with E-state index in [1.54, 1.807) is 18.5 Å². The average molecular weight is 147 g/mol. The number of aliphatic hydroxyl groups is 1. The molecule has 0 fully saturated rings. The molecular formula is C5H7ClN2O. The van der Waals surface area contributed by atoms with E-state index >= 15 is 0 Å². The summed E-state index contributed by atoms with van der Waals surface area (Å²) in [5.74, 6) is 0. The Kier molecular flexibility index (Phi) is 1.97. The molecule has 4 heteroatoms. The number of hydrogen-bond acceptors (Lipinski definition) is 3. The average Bonchev–Trinajstić information content (AvgIpc) is 1.88. The van der Waals surface area contributed by atoms with Crippen molar-refractivity contribution in [3.63, 3.8) is 0 Å². The lowest BCUT2D eigenvalue weighted by atomic mass is 10.3. The number of nitrogens with one attached hydrogen (secondary N) is 1. The van der Waals surface area contributed by atoms with Crippen LogP contribution in [0.2, 0.25) is 0 Å². The molecule has 0 aromatic rings. The number of hydrogen-bond donors (Lipinski definition) is 2. The van der Waals surface area contributed by atoms with Crippen LogP contribution < -0.4 is 5.43 Å². The Labute approximate surface area is 58.3 Å². The van der Waals surface area contributed by atoms with Gasteiger partial charge < -0.3 is 5.11 Å². The first kappa shape index (κ1) is 6.45. The molecule has 3 nitrogen and oxygen atoms in total. The minimum Gasteiger partial charge on any atom is -0.392 e. The molecule has 0 aromatic carbocycles. The monoisotopic (exact) mass is 146 g/mol. The maximum atomic E-state index is 8.58. The lowest BCUT2D eigenvalue weighted by Gasteiger charge is -2.14. The summed E-state index contributed by atoms with van der Waals surface area (Å²) in [5, 5.41) is 8.58. The lowest BCUT2D eigenvalue weighted by molar-refractivity contribution is 0.329. The van der Waals surface area contributed by atoms with E-state index in [9.17, 15) is 0 Å². The number of hydrazine groups is 1. The quantitative estimate of drug-likeness (QED) is 0.524. The first-order valence-corrected chi connectivity index (χ1v) is 2.86. The molecule has 0 atom stereocenters. The van der Waals surface area contributed by atoms with Gasteiger partial charge in [0.15, 0.2) is 0 Å². The molecule has 1 aliphatic rings. The van der Waals surface area contributed by atoms with Gasteiger partial charge in [-0.2, -0.15) is 0 Å². The molecule has 0 aromatic heterocycles. The van der Waals surface area contributed by atoms with Crippen LogP contribution in [0, 0.1) is 0 Å². The third-order valence-electron chi connectivity index (χ3n) is 0.957. The molecule has 9 heavy (non-hydrogen) atoms. The highest BCUT2D eigenvalue weighted by Crippen LogP contribution is 2.03. The largest absolute Gasteiger partial charge is 0.392 e. The van der Waals surface area contributed by atoms with Gasteiger partial charge in [-0.25, -0.2) is 4.53 Å². The first-order chi connectivity index (χ1) is 4.33. The molecule has 50 valence electrons. The van der Waals surface area contributed by atoms with Crippen LogP contribution in [0.4, 0.5) is 0 Å². The molecule has 1 heterocycles. The van der Waals surface area contributed by atoms with E-state index in [1.807, 2.05) is 0 Å². The molecule has 0 radical (unpaired) electrons. The second-order valence-electron chi connectivity index (χ2n) is 1.64. The summed E-state index contributed by atoms with van der Waals surface area (Å²) >= 11 is 5.47. The van der Waals surface area contributed by atoms with E-state index in [-0.39, 0.29) is 6.61 Å². The van der Waals surface area contributed by atoms with Crippen molar-refractivity contribution >= 4 is 11.8 Å². The summed E-state index contributed by atoms with van der Waals surface area (Å²) in [5.41, 5.74) is 3.46. The highest BCUT2D eigenvalue weighted by molar-refractivity contribution is 6.13. The summed E-state index contributed by atoms with van der Waals surface area (Å²) in [6.45, 7) is 0.0153. The van der Waals surface area contributed by atoms with Crippen molar-refractivity contribution in [2.75, 3.05) is 6.61 Å². The molecule has 0 saturated heterocycles. The smallest absolute Gasteiger partial charge is 0.0697 e. The standard InChI is InChI=1S/C5H7ClN2O/c6-8-3-5(4-9)1-2-7-8/h1-3,7,9H,4H2. The topological polar surface area (TPSA) is 35.5 Å². The zero-order valence-corrected chi connectivity index (χ0v) is 5.47. The molecule has 2 N–H and O–H groups in total. The Morgan fingerprint density at radius 3 is 3.00 bits per heavy atom. The number of halogens is 1. The van der Waals surface area contributed by atoms with Gasteiger partial charge in [0, 0.05) is 24.2 Å². The van der Waals surface area contributed by atoms with Crippen LogP contribution in [-0.2, 0) is 0 Å². The molecule has 0 unspecified atom stereocenters. The maximum absolute atomic E-state index is 8.58. The van der Waals surface area contributed by atoms with Gasteiger partial charge in [0.1, 0.15) is 0 Å². The summed E-state index contributed by atoms with van der Waals surface area (Å²) < 4.78 is 1.26. The van der Waals surface area contributed by atoms with E-state index in [0.717, 1.165) is 5.57 Å². The van der Waals surface area contributed by atoms with Crippen LogP contribution in [-0.4, -0.2) is 16.2 Å². The van der Waals surface area contributed by atoms with Gasteiger partial charge in [-0.05, 0) is 11.6 Å². The maximum Gasteiger partial charge on any atom is 0.0697 e. The fourth-order valence-corrected chi connectivity index (χ4v) is 0.717. The number of rotatable bonds is 1. The van der Waals surface area contributed by atoms with E-state index in [2.05, 4.69) is 5.43 Å². The normalized spacial score (nSPS) is 17.1. The first-order valence-electron chi connectivity index (χ1n) is 2.52. The SMILES string of the molecule is OCC1=CN(Cl)NC=C1. The van der Waals surface area contributed by atoms with Crippen LogP contribution >= 0.6 is 11.8 Å². The fourth-order valence-electron chi connectivity index (χ4n) is 0.535. The van der Waals surface area contributed by atoms with Crippen molar-refractivity contribution in [3.05, 3.63) is 24.0 Å². The van der Waals surface area contributed by atoms with Crippen molar-refractivity contribution in [2.45, 2.75) is 0 Å². The summed E-state index contributed by atoms with van der Waals surface area (Å²) in [7, 11) is 0. The van der Waals surface area contributed by atoms with Crippen LogP contribution in [0.15, 0.2) is 24.0 Å². The predicted octanol–water partition coefficient (Wildman–Crippen LogP) is 0.350. The minimum absolute atomic E-state index is 0.0153. The molecule has 1 rings (SSSR count). The third kappa shape index (κ3) is 1.62. The van der Waals surface area contributed by atoms with Crippen molar-refractivity contribution in [1.29, 1.82) is 0 Å². The van der Waals surface area contributed by atoms with Crippen LogP contribution in [0.3, 0.4) is 0 Å². The Bertz CT molecular complexity index is 155. The van der Waals surface area contributed by atoms with Gasteiger partial charge in [0.05, 0.1) is 6.61 Å². The Balaban J connectivity index is 2.59. The summed E-state index contributed by atoms with van der Waals surface area (Å²) in [4.78, 5) is 0. The van der Waals surface area contributed by atoms with Crippen molar-refractivity contribution in [1.82, 2.24) is 9.95 Å². The van der Waals surface area contributed by atoms with Gasteiger partial charge in [-0.15, -0.1) is 0 Å². The van der Waals surface area contributed by atoms with Crippen molar-refractivity contribution in [3.8, 4) is 0 Å². The fraction of sp³-hybridized carbons (Fsp3) is 0.200. The Hall–Kier alpha value is -0.670. The molecule has 0 bridgehead atoms. The van der Waals surface area contributed by atoms with Gasteiger partial charge in [0.25, 0.3) is 0 Å². The summed E-state index contributed by atoms with van der Waals surface area (Å²) in [6, 6.07) is 0. The van der Waals surface area contributed by atoms with Gasteiger partial charge in [-0.3, -0.25) is 5.43 Å². The van der Waals surface area contributed by atoms with Crippen LogP contribution in [0.1, 0.15) is 0 Å². The third-order valence-corrected chi connectivity index (χ3v) is 1.15. The van der Waals surface area contributed by atoms with E-state index in [0.29, 0.717) is 0 Å². The van der Waals surface area contributed by atoms with E-state index in [4.69, 9.17) is 16.9 Å². The molecule has 0 spiro atoms. The summed E-state index contributed by atoms with van der Waals surface area (Å²) in [6.07, 6.45) is 5.00. The molecule has 0 saturated carbocycles. The van der Waals surface area contributed by atoms with Crippen LogP contribution in [0.5, 0.6) is 0 Å². The zero-order valence-electron chi connectivity index (χ0n) is 4.71. The predicted molar refractivity (Wildman–Crippen MR) is 35.1 cm³/mol. The molecular weight excluding hydrogens is 140 g/mol. The Morgan fingerprint density at radius 1 is 1.78 bits per heavy atom. The lowest BCUT2D eigenvalue weighted by Crippen LogP contribution is -2.22. The van der Waals surface area contributed by atoms with Crippen LogP contribution in [0.25, 0.3) is 0 Å². The van der Waals surface area contributed by atoms with Gasteiger partial charge in [0.2, 0.25) is 0 Å². The van der Waals surface area contributed by atoms with E-state index < -0.39 is 0 Å². The van der Waals surface area contributed by atoms with Gasteiger partial charge in [-0.1, -0.05) is 0 Å². The highest BCUT2D eigenvalue weighted by Gasteiger charge is 1.98. The minimum atomic E-state index is 0.0153. The molecule has 1 aliphatic heterocycles. The second-order valence-corrected chi connectivity index (χ2v) is 2.00. The van der Waals surface area contributed by atoms with Crippen molar-refractivity contribution in [2.24, 2.45) is 0 Å². The van der Waals surface area contributed by atoms with Gasteiger partial charge >= 0.3 is 0 Å². The molecule has 0 aliphatic carbocycles. The van der Waals surface area contributed by atoms with E-state index in [1.165, 1.54) is 4.53 Å². The highest BCUT2D eigenvalue weighted by atomic mass is 35.5. The number of aliphatic hydroxyl groups excluding tert-OH is 1. The zero-order chi connectivity index (χ0) is 6.69. The number of nitrogens with zero attached hydrogens (tertiary/aromatic N) is 1. The Morgan fingerprint density at radius 2 is 2.56 bits per heavy atom. The van der Waals surface area contributed by atoms with Crippen molar-refractivity contribution < 1.29 is 5.11 Å². The second kappa shape index (κ2) is 2.75. The molecule has 0 amide bonds.